The molecule has 1 heterocycles. The molecule has 17 heavy (non-hydrogen) atoms. The number of carbonyl (C=O) groups is 1. The summed E-state index contributed by atoms with van der Waals surface area (Å²) in [6, 6.07) is 0.201. The third kappa shape index (κ3) is 3.68. The van der Waals surface area contributed by atoms with Gasteiger partial charge >= 0.3 is 0 Å². The highest BCUT2D eigenvalue weighted by Crippen LogP contribution is 2.16. The van der Waals surface area contributed by atoms with Gasteiger partial charge in [0.2, 0.25) is 5.91 Å². The van der Waals surface area contributed by atoms with Gasteiger partial charge in [-0.2, -0.15) is 0 Å². The fourth-order valence-corrected chi connectivity index (χ4v) is 2.31. The first-order valence-corrected chi connectivity index (χ1v) is 6.68. The van der Waals surface area contributed by atoms with Crippen molar-refractivity contribution in [3.8, 4) is 0 Å². The van der Waals surface area contributed by atoms with E-state index in [0.717, 1.165) is 25.9 Å². The average Bonchev–Trinajstić information content (AvgIpc) is 2.35. The molecule has 1 amide bonds. The van der Waals surface area contributed by atoms with Crippen LogP contribution in [0.15, 0.2) is 0 Å². The summed E-state index contributed by atoms with van der Waals surface area (Å²) in [7, 11) is 1.99. The third-order valence-electron chi connectivity index (χ3n) is 3.70. The van der Waals surface area contributed by atoms with Crippen LogP contribution in [0.25, 0.3) is 0 Å². The summed E-state index contributed by atoms with van der Waals surface area (Å²) in [4.78, 5) is 16.5. The lowest BCUT2D eigenvalue weighted by atomic mass is 10.1. The number of hydrogen-bond donors (Lipinski definition) is 1. The van der Waals surface area contributed by atoms with Gasteiger partial charge in [0.1, 0.15) is 6.04 Å². The monoisotopic (exact) mass is 241 g/mol. The van der Waals surface area contributed by atoms with E-state index in [-0.39, 0.29) is 11.9 Å². The SMILES string of the molecule is CC(C)CCN1C(=O)C(CN)N(C)CCC1C. The fraction of sp³-hybridized carbons (Fsp3) is 0.923. The van der Waals surface area contributed by atoms with Crippen molar-refractivity contribution in [2.24, 2.45) is 11.7 Å². The van der Waals surface area contributed by atoms with E-state index in [9.17, 15) is 4.79 Å². The van der Waals surface area contributed by atoms with Crippen LogP contribution in [0, 0.1) is 5.92 Å². The topological polar surface area (TPSA) is 49.6 Å². The molecule has 0 saturated carbocycles. The van der Waals surface area contributed by atoms with Crippen LogP contribution in [0.5, 0.6) is 0 Å². The minimum atomic E-state index is -0.132. The number of carbonyl (C=O) groups excluding carboxylic acids is 1. The van der Waals surface area contributed by atoms with Gasteiger partial charge in [-0.25, -0.2) is 0 Å². The summed E-state index contributed by atoms with van der Waals surface area (Å²) >= 11 is 0. The predicted octanol–water partition coefficient (Wildman–Crippen LogP) is 0.912. The molecule has 0 aliphatic carbocycles. The van der Waals surface area contributed by atoms with Gasteiger partial charge in [0.05, 0.1) is 0 Å². The largest absolute Gasteiger partial charge is 0.339 e. The Balaban J connectivity index is 2.73. The molecule has 1 rings (SSSR count). The Morgan fingerprint density at radius 2 is 2.12 bits per heavy atom. The first-order chi connectivity index (χ1) is 7.97. The van der Waals surface area contributed by atoms with Crippen LogP contribution in [0.3, 0.4) is 0 Å². The van der Waals surface area contributed by atoms with Crippen molar-refractivity contribution in [1.82, 2.24) is 9.80 Å². The Hall–Kier alpha value is -0.610. The van der Waals surface area contributed by atoms with Crippen molar-refractivity contribution in [3.05, 3.63) is 0 Å². The quantitative estimate of drug-likeness (QED) is 0.796. The molecule has 0 aromatic rings. The zero-order valence-corrected chi connectivity index (χ0v) is 11.6. The molecule has 2 atom stereocenters. The molecule has 4 heteroatoms. The van der Waals surface area contributed by atoms with E-state index in [2.05, 4.69) is 25.7 Å². The normalized spacial score (nSPS) is 27.6. The van der Waals surface area contributed by atoms with Crippen LogP contribution in [-0.2, 0) is 4.79 Å². The average molecular weight is 241 g/mol. The molecule has 1 aliphatic rings. The lowest BCUT2D eigenvalue weighted by Crippen LogP contribution is -2.50. The zero-order chi connectivity index (χ0) is 13.0. The van der Waals surface area contributed by atoms with E-state index in [0.29, 0.717) is 18.5 Å². The fourth-order valence-electron chi connectivity index (χ4n) is 2.31. The van der Waals surface area contributed by atoms with Crippen LogP contribution >= 0.6 is 0 Å². The van der Waals surface area contributed by atoms with E-state index < -0.39 is 0 Å². The highest BCUT2D eigenvalue weighted by Gasteiger charge is 2.32. The number of amides is 1. The number of rotatable bonds is 4. The predicted molar refractivity (Wildman–Crippen MR) is 70.7 cm³/mol. The lowest BCUT2D eigenvalue weighted by Gasteiger charge is -2.30. The Morgan fingerprint density at radius 3 is 2.65 bits per heavy atom. The van der Waals surface area contributed by atoms with E-state index >= 15 is 0 Å². The second-order valence-electron chi connectivity index (χ2n) is 5.58. The minimum absolute atomic E-state index is 0.132. The molecule has 0 aromatic heterocycles. The maximum Gasteiger partial charge on any atom is 0.241 e. The van der Waals surface area contributed by atoms with Gasteiger partial charge < -0.3 is 10.6 Å². The van der Waals surface area contributed by atoms with Crippen molar-refractivity contribution in [3.63, 3.8) is 0 Å². The highest BCUT2D eigenvalue weighted by atomic mass is 16.2. The number of nitrogens with zero attached hydrogens (tertiary/aromatic N) is 2. The summed E-state index contributed by atoms with van der Waals surface area (Å²) < 4.78 is 0. The summed E-state index contributed by atoms with van der Waals surface area (Å²) in [6.45, 7) is 8.76. The first kappa shape index (κ1) is 14.5. The van der Waals surface area contributed by atoms with E-state index in [1.165, 1.54) is 0 Å². The highest BCUT2D eigenvalue weighted by molar-refractivity contribution is 5.82. The van der Waals surface area contributed by atoms with Crippen molar-refractivity contribution in [2.45, 2.75) is 45.7 Å². The van der Waals surface area contributed by atoms with Crippen LogP contribution in [-0.4, -0.2) is 54.5 Å². The van der Waals surface area contributed by atoms with E-state index in [4.69, 9.17) is 5.73 Å². The van der Waals surface area contributed by atoms with Crippen LogP contribution in [0.4, 0.5) is 0 Å². The first-order valence-electron chi connectivity index (χ1n) is 6.68. The lowest BCUT2D eigenvalue weighted by molar-refractivity contribution is -0.136. The molecule has 0 spiro atoms. The van der Waals surface area contributed by atoms with Crippen LogP contribution in [0.1, 0.15) is 33.6 Å². The summed E-state index contributed by atoms with van der Waals surface area (Å²) in [5.41, 5.74) is 5.73. The van der Waals surface area contributed by atoms with Crippen molar-refractivity contribution >= 4 is 5.91 Å². The van der Waals surface area contributed by atoms with Gasteiger partial charge in [-0.15, -0.1) is 0 Å². The smallest absolute Gasteiger partial charge is 0.241 e. The molecule has 1 saturated heterocycles. The molecular formula is C13H27N3O. The van der Waals surface area contributed by atoms with Crippen molar-refractivity contribution in [1.29, 1.82) is 0 Å². The Labute approximate surface area is 105 Å². The van der Waals surface area contributed by atoms with Gasteiger partial charge in [-0.05, 0) is 32.7 Å². The second kappa shape index (κ2) is 6.36. The van der Waals surface area contributed by atoms with E-state index in [1.54, 1.807) is 0 Å². The molecular weight excluding hydrogens is 214 g/mol. The van der Waals surface area contributed by atoms with Gasteiger partial charge in [0.15, 0.2) is 0 Å². The molecule has 0 radical (unpaired) electrons. The Bertz CT molecular complexity index is 255. The maximum absolute atomic E-state index is 12.4. The number of nitrogens with two attached hydrogens (primary N) is 1. The molecule has 2 N–H and O–H groups in total. The van der Waals surface area contributed by atoms with Crippen molar-refractivity contribution < 1.29 is 4.79 Å². The van der Waals surface area contributed by atoms with Crippen molar-refractivity contribution in [2.75, 3.05) is 26.7 Å². The molecule has 1 fully saturated rings. The van der Waals surface area contributed by atoms with Crippen LogP contribution in [0.2, 0.25) is 0 Å². The molecule has 0 bridgehead atoms. The Kier molecular flexibility index (Phi) is 5.40. The van der Waals surface area contributed by atoms with Gasteiger partial charge in [-0.3, -0.25) is 9.69 Å². The van der Waals surface area contributed by atoms with Crippen LogP contribution < -0.4 is 5.73 Å². The molecule has 2 unspecified atom stereocenters. The second-order valence-corrected chi connectivity index (χ2v) is 5.58. The summed E-state index contributed by atoms with van der Waals surface area (Å²) in [5, 5.41) is 0. The number of likely N-dealkylation sites (N-methyl/N-ethyl adjacent to an activating group) is 1. The van der Waals surface area contributed by atoms with Gasteiger partial charge in [-0.1, -0.05) is 13.8 Å². The van der Waals surface area contributed by atoms with Gasteiger partial charge in [0.25, 0.3) is 0 Å². The Morgan fingerprint density at radius 1 is 1.47 bits per heavy atom. The number of hydrogen-bond acceptors (Lipinski definition) is 3. The zero-order valence-electron chi connectivity index (χ0n) is 11.6. The summed E-state index contributed by atoms with van der Waals surface area (Å²) in [6.07, 6.45) is 2.11. The maximum atomic E-state index is 12.4. The molecule has 1 aliphatic heterocycles. The minimum Gasteiger partial charge on any atom is -0.339 e. The van der Waals surface area contributed by atoms with Gasteiger partial charge in [0, 0.05) is 25.7 Å². The van der Waals surface area contributed by atoms with E-state index in [1.807, 2.05) is 11.9 Å². The molecule has 100 valence electrons. The molecule has 4 nitrogen and oxygen atoms in total. The molecule has 0 aromatic carbocycles. The summed E-state index contributed by atoms with van der Waals surface area (Å²) in [5.74, 6) is 0.841. The third-order valence-corrected chi connectivity index (χ3v) is 3.70. The standard InChI is InChI=1S/C13H27N3O/c1-10(2)5-8-16-11(3)6-7-15(4)12(9-14)13(16)17/h10-12H,5-9,14H2,1-4H3.